The molecule has 0 aromatic heterocycles. The Morgan fingerprint density at radius 3 is 2.88 bits per heavy atom. The second-order valence-electron chi connectivity index (χ2n) is 7.94. The van der Waals surface area contributed by atoms with E-state index in [0.717, 1.165) is 48.4 Å². The first kappa shape index (κ1) is 17.0. The molecule has 25 heavy (non-hydrogen) atoms. The molecule has 0 heterocycles. The number of aldehydes is 1. The van der Waals surface area contributed by atoms with E-state index in [0.29, 0.717) is 23.3 Å². The largest absolute Gasteiger partial charge is 0.465 e. The number of carbonyl (C=O) groups excluding carboxylic acids is 2. The lowest BCUT2D eigenvalue weighted by molar-refractivity contribution is -0.105. The normalized spacial score (nSPS) is 33.3. The highest BCUT2D eigenvalue weighted by Crippen LogP contribution is 2.63. The summed E-state index contributed by atoms with van der Waals surface area (Å²) in [5, 5.41) is 0. The molecule has 0 saturated heterocycles. The van der Waals surface area contributed by atoms with E-state index in [1.165, 1.54) is 18.2 Å². The molecule has 4 atom stereocenters. The van der Waals surface area contributed by atoms with Crippen LogP contribution in [0.3, 0.4) is 0 Å². The zero-order chi connectivity index (χ0) is 17.8. The van der Waals surface area contributed by atoms with Crippen molar-refractivity contribution < 1.29 is 14.3 Å². The van der Waals surface area contributed by atoms with Gasteiger partial charge in [-0.05, 0) is 73.1 Å². The molecule has 3 nitrogen and oxygen atoms in total. The summed E-state index contributed by atoms with van der Waals surface area (Å²) in [7, 11) is 1.43. The number of allylic oxidation sites excluding steroid dienone is 2. The molecule has 0 spiro atoms. The van der Waals surface area contributed by atoms with Gasteiger partial charge < -0.3 is 4.74 Å². The average Bonchev–Trinajstić information content (AvgIpc) is 2.91. The van der Waals surface area contributed by atoms with Gasteiger partial charge in [0.1, 0.15) is 6.29 Å². The Labute approximate surface area is 157 Å². The monoisotopic (exact) mass is 402 g/mol. The first-order chi connectivity index (χ1) is 12.0. The molecular weight excluding hydrogens is 380 g/mol. The van der Waals surface area contributed by atoms with Gasteiger partial charge in [-0.25, -0.2) is 4.79 Å². The molecule has 4 rings (SSSR count). The highest BCUT2D eigenvalue weighted by atomic mass is 79.9. The maximum Gasteiger partial charge on any atom is 0.337 e. The molecule has 1 saturated carbocycles. The van der Waals surface area contributed by atoms with Crippen LogP contribution in [0.1, 0.15) is 60.0 Å². The van der Waals surface area contributed by atoms with Crippen molar-refractivity contribution in [3.63, 3.8) is 0 Å². The standard InChI is InChI=1S/C21H23BrO3/c1-21-8-7-16-15-5-4-13(20(24)25-2)9-12(15)3-6-17(16)18(21)10-14(11-23)19(21)22/h4-5,9,11,16-18H,3,6-8,10H2,1-2H3/t16?,17?,18?,21-/m0/s1. The van der Waals surface area contributed by atoms with Crippen molar-refractivity contribution in [2.75, 3.05) is 7.11 Å². The van der Waals surface area contributed by atoms with E-state index in [1.54, 1.807) is 0 Å². The number of esters is 1. The SMILES string of the molecule is COC(=O)c1ccc2c(c1)CCC1C2CC[C@]2(C)C(Br)=C(C=O)CC12. The fraction of sp³-hybridized carbons (Fsp3) is 0.524. The molecule has 0 amide bonds. The molecule has 1 aromatic carbocycles. The number of hydrogen-bond acceptors (Lipinski definition) is 3. The third-order valence-electron chi connectivity index (χ3n) is 6.90. The predicted octanol–water partition coefficient (Wildman–Crippen LogP) is 4.79. The van der Waals surface area contributed by atoms with Crippen molar-refractivity contribution in [2.45, 2.75) is 44.9 Å². The van der Waals surface area contributed by atoms with Crippen molar-refractivity contribution in [3.05, 3.63) is 44.9 Å². The third-order valence-corrected chi connectivity index (χ3v) is 8.32. The first-order valence-corrected chi connectivity index (χ1v) is 9.84. The van der Waals surface area contributed by atoms with E-state index in [2.05, 4.69) is 28.9 Å². The topological polar surface area (TPSA) is 43.4 Å². The molecule has 0 radical (unpaired) electrons. The van der Waals surface area contributed by atoms with Gasteiger partial charge >= 0.3 is 5.97 Å². The summed E-state index contributed by atoms with van der Waals surface area (Å²) < 4.78 is 6.00. The lowest BCUT2D eigenvalue weighted by Gasteiger charge is -2.49. The molecule has 0 bridgehead atoms. The minimum Gasteiger partial charge on any atom is -0.465 e. The number of methoxy groups -OCH3 is 1. The van der Waals surface area contributed by atoms with Gasteiger partial charge in [0.05, 0.1) is 12.7 Å². The predicted molar refractivity (Wildman–Crippen MR) is 99.8 cm³/mol. The molecule has 3 unspecified atom stereocenters. The first-order valence-electron chi connectivity index (χ1n) is 9.05. The fourth-order valence-electron chi connectivity index (χ4n) is 5.59. The number of halogens is 1. The van der Waals surface area contributed by atoms with Gasteiger partial charge in [0.2, 0.25) is 0 Å². The third kappa shape index (κ3) is 2.44. The van der Waals surface area contributed by atoms with E-state index in [-0.39, 0.29) is 11.4 Å². The number of rotatable bonds is 2. The number of hydrogen-bond donors (Lipinski definition) is 0. The molecule has 3 aliphatic rings. The van der Waals surface area contributed by atoms with Crippen molar-refractivity contribution >= 4 is 28.2 Å². The van der Waals surface area contributed by atoms with Crippen LogP contribution in [-0.4, -0.2) is 19.4 Å². The minimum absolute atomic E-state index is 0.112. The smallest absolute Gasteiger partial charge is 0.337 e. The zero-order valence-corrected chi connectivity index (χ0v) is 16.3. The molecule has 1 fully saturated rings. The Morgan fingerprint density at radius 1 is 1.36 bits per heavy atom. The van der Waals surface area contributed by atoms with Crippen LogP contribution in [0.15, 0.2) is 28.3 Å². The quantitative estimate of drug-likeness (QED) is 0.527. The highest BCUT2D eigenvalue weighted by Gasteiger charge is 2.53. The highest BCUT2D eigenvalue weighted by molar-refractivity contribution is 9.11. The lowest BCUT2D eigenvalue weighted by atomic mass is 9.55. The van der Waals surface area contributed by atoms with Gasteiger partial charge in [0.15, 0.2) is 0 Å². The second-order valence-corrected chi connectivity index (χ2v) is 8.73. The molecule has 0 N–H and O–H groups in total. The van der Waals surface area contributed by atoms with Gasteiger partial charge in [-0.3, -0.25) is 4.79 Å². The molecule has 1 aromatic rings. The van der Waals surface area contributed by atoms with Crippen LogP contribution >= 0.6 is 15.9 Å². The molecule has 3 aliphatic carbocycles. The number of fused-ring (bicyclic) bond motifs is 5. The van der Waals surface area contributed by atoms with E-state index in [4.69, 9.17) is 4.74 Å². The van der Waals surface area contributed by atoms with E-state index in [1.807, 2.05) is 12.1 Å². The van der Waals surface area contributed by atoms with Crippen LogP contribution in [0, 0.1) is 17.3 Å². The zero-order valence-electron chi connectivity index (χ0n) is 14.7. The Hall–Kier alpha value is -1.42. The minimum atomic E-state index is -0.263. The number of ether oxygens (including phenoxy) is 1. The summed E-state index contributed by atoms with van der Waals surface area (Å²) in [6, 6.07) is 6.06. The van der Waals surface area contributed by atoms with Gasteiger partial charge in [0.25, 0.3) is 0 Å². The average molecular weight is 403 g/mol. The van der Waals surface area contributed by atoms with E-state index >= 15 is 0 Å². The fourth-order valence-corrected chi connectivity index (χ4v) is 6.34. The maximum atomic E-state index is 11.8. The van der Waals surface area contributed by atoms with Crippen LogP contribution in [-0.2, 0) is 16.0 Å². The van der Waals surface area contributed by atoms with Gasteiger partial charge in [-0.1, -0.05) is 28.9 Å². The summed E-state index contributed by atoms with van der Waals surface area (Å²) >= 11 is 3.74. The van der Waals surface area contributed by atoms with Crippen LogP contribution in [0.25, 0.3) is 0 Å². The van der Waals surface area contributed by atoms with Crippen LogP contribution < -0.4 is 0 Å². The Morgan fingerprint density at radius 2 is 2.16 bits per heavy atom. The van der Waals surface area contributed by atoms with Crippen LogP contribution in [0.4, 0.5) is 0 Å². The molecule has 132 valence electrons. The molecule has 0 aliphatic heterocycles. The van der Waals surface area contributed by atoms with Crippen LogP contribution in [0.5, 0.6) is 0 Å². The molecule has 4 heteroatoms. The van der Waals surface area contributed by atoms with Gasteiger partial charge in [0, 0.05) is 15.5 Å². The number of benzene rings is 1. The summed E-state index contributed by atoms with van der Waals surface area (Å²) in [5.74, 6) is 1.43. The summed E-state index contributed by atoms with van der Waals surface area (Å²) in [6.45, 7) is 2.32. The number of carbonyl (C=O) groups is 2. The van der Waals surface area contributed by atoms with Crippen molar-refractivity contribution in [1.82, 2.24) is 0 Å². The van der Waals surface area contributed by atoms with Crippen molar-refractivity contribution in [3.8, 4) is 0 Å². The Kier molecular flexibility index (Phi) is 4.14. The summed E-state index contributed by atoms with van der Waals surface area (Å²) in [6.07, 6.45) is 6.33. The van der Waals surface area contributed by atoms with E-state index < -0.39 is 0 Å². The number of aryl methyl sites for hydroxylation is 1. The summed E-state index contributed by atoms with van der Waals surface area (Å²) in [4.78, 5) is 23.3. The Bertz CT molecular complexity index is 781. The molecular formula is C21H23BrO3. The maximum absolute atomic E-state index is 11.8. The van der Waals surface area contributed by atoms with Crippen molar-refractivity contribution in [2.24, 2.45) is 17.3 Å². The lowest BCUT2D eigenvalue weighted by Crippen LogP contribution is -2.40. The second kappa shape index (κ2) is 6.08. The van der Waals surface area contributed by atoms with Crippen LogP contribution in [0.2, 0.25) is 0 Å². The van der Waals surface area contributed by atoms with Gasteiger partial charge in [-0.15, -0.1) is 0 Å². The van der Waals surface area contributed by atoms with Crippen molar-refractivity contribution in [1.29, 1.82) is 0 Å². The van der Waals surface area contributed by atoms with E-state index in [9.17, 15) is 9.59 Å². The Balaban J connectivity index is 1.67. The van der Waals surface area contributed by atoms with Gasteiger partial charge in [-0.2, -0.15) is 0 Å². The summed E-state index contributed by atoms with van der Waals surface area (Å²) in [5.41, 5.74) is 4.42.